The van der Waals surface area contributed by atoms with Crippen LogP contribution in [-0.2, 0) is 6.42 Å². The third-order valence-corrected chi connectivity index (χ3v) is 4.38. The molecule has 1 heterocycles. The highest BCUT2D eigenvalue weighted by Gasteiger charge is 2.06. The maximum Gasteiger partial charge on any atom is 0.143 e. The van der Waals surface area contributed by atoms with Crippen molar-refractivity contribution in [1.29, 1.82) is 0 Å². The Labute approximate surface area is 122 Å². The van der Waals surface area contributed by atoms with E-state index in [1.165, 1.54) is 17.0 Å². The van der Waals surface area contributed by atoms with Crippen LogP contribution in [0.2, 0.25) is 5.02 Å². The summed E-state index contributed by atoms with van der Waals surface area (Å²) in [6, 6.07) is 6.81. The lowest BCUT2D eigenvalue weighted by molar-refractivity contribution is 0.629. The monoisotopic (exact) mass is 348 g/mol. The van der Waals surface area contributed by atoms with Crippen LogP contribution in [0, 0.1) is 5.82 Å². The molecule has 0 fully saturated rings. The third kappa shape index (κ3) is 3.37. The Morgan fingerprint density at radius 2 is 2.17 bits per heavy atom. The number of nitrogens with two attached hydrogens (primary N) is 1. The molecule has 0 bridgehead atoms. The normalized spacial score (nSPS) is 10.6. The van der Waals surface area contributed by atoms with Gasteiger partial charge >= 0.3 is 0 Å². The van der Waals surface area contributed by atoms with Gasteiger partial charge in [-0.25, -0.2) is 4.39 Å². The van der Waals surface area contributed by atoms with Crippen LogP contribution in [0.5, 0.6) is 0 Å². The van der Waals surface area contributed by atoms with Crippen molar-refractivity contribution in [3.8, 4) is 0 Å². The highest BCUT2D eigenvalue weighted by atomic mass is 79.9. The Morgan fingerprint density at radius 1 is 1.39 bits per heavy atom. The van der Waals surface area contributed by atoms with E-state index in [-0.39, 0.29) is 5.02 Å². The predicted octanol–water partition coefficient (Wildman–Crippen LogP) is 4.54. The number of thiophene rings is 1. The third-order valence-electron chi connectivity index (χ3n) is 2.41. The summed E-state index contributed by atoms with van der Waals surface area (Å²) >= 11 is 10.7. The van der Waals surface area contributed by atoms with E-state index in [0.29, 0.717) is 17.9 Å². The summed E-state index contributed by atoms with van der Waals surface area (Å²) in [5.41, 5.74) is 6.78. The molecule has 0 aliphatic heterocycles. The Hall–Kier alpha value is -0.780. The van der Waals surface area contributed by atoms with Crippen LogP contribution in [0.3, 0.4) is 0 Å². The average molecular weight is 350 g/mol. The van der Waals surface area contributed by atoms with E-state index in [2.05, 4.69) is 27.3 Å². The maximum absolute atomic E-state index is 13.3. The Bertz CT molecular complexity index is 559. The maximum atomic E-state index is 13.3. The zero-order valence-electron chi connectivity index (χ0n) is 9.34. The highest BCUT2D eigenvalue weighted by molar-refractivity contribution is 9.11. The van der Waals surface area contributed by atoms with Crippen LogP contribution in [0.25, 0.3) is 0 Å². The highest BCUT2D eigenvalue weighted by Crippen LogP contribution is 2.26. The number of halogens is 3. The summed E-state index contributed by atoms with van der Waals surface area (Å²) < 4.78 is 14.4. The number of hydrogen-bond acceptors (Lipinski definition) is 3. The van der Waals surface area contributed by atoms with E-state index in [0.717, 1.165) is 10.2 Å². The van der Waals surface area contributed by atoms with Gasteiger partial charge in [-0.2, -0.15) is 0 Å². The molecule has 1 aromatic heterocycles. The molecule has 3 N–H and O–H groups in total. The molecule has 2 nitrogen and oxygen atoms in total. The van der Waals surface area contributed by atoms with Crippen molar-refractivity contribution in [2.75, 3.05) is 17.6 Å². The Kier molecular flexibility index (Phi) is 4.48. The van der Waals surface area contributed by atoms with Crippen LogP contribution < -0.4 is 11.1 Å². The van der Waals surface area contributed by atoms with Gasteiger partial charge in [-0.1, -0.05) is 11.6 Å². The fourth-order valence-corrected chi connectivity index (χ4v) is 3.18. The second-order valence-electron chi connectivity index (χ2n) is 3.74. The van der Waals surface area contributed by atoms with Crippen molar-refractivity contribution >= 4 is 50.2 Å². The van der Waals surface area contributed by atoms with Gasteiger partial charge in [0.25, 0.3) is 0 Å². The van der Waals surface area contributed by atoms with Gasteiger partial charge in [-0.3, -0.25) is 0 Å². The molecule has 18 heavy (non-hydrogen) atoms. The van der Waals surface area contributed by atoms with Gasteiger partial charge in [0.05, 0.1) is 20.2 Å². The van der Waals surface area contributed by atoms with Crippen LogP contribution >= 0.6 is 38.9 Å². The van der Waals surface area contributed by atoms with Gasteiger partial charge in [-0.15, -0.1) is 11.3 Å². The van der Waals surface area contributed by atoms with E-state index in [4.69, 9.17) is 17.3 Å². The first kappa shape index (κ1) is 13.6. The SMILES string of the molecule is Nc1cc(Cl)c(F)cc1NCCc1ccc(Br)s1. The molecular weight excluding hydrogens is 339 g/mol. The van der Waals surface area contributed by atoms with Gasteiger partial charge in [0.1, 0.15) is 5.82 Å². The standard InChI is InChI=1S/C12H11BrClFN2S/c13-12-2-1-7(18-12)3-4-17-11-6-9(15)8(14)5-10(11)16/h1-2,5-6,17H,3-4,16H2. The molecule has 96 valence electrons. The van der Waals surface area contributed by atoms with Crippen molar-refractivity contribution in [2.45, 2.75) is 6.42 Å². The molecule has 0 atom stereocenters. The second-order valence-corrected chi connectivity index (χ2v) is 6.69. The number of anilines is 2. The van der Waals surface area contributed by atoms with E-state index >= 15 is 0 Å². The first-order valence-electron chi connectivity index (χ1n) is 5.29. The second kappa shape index (κ2) is 5.91. The van der Waals surface area contributed by atoms with E-state index in [1.807, 2.05) is 6.07 Å². The zero-order chi connectivity index (χ0) is 13.1. The van der Waals surface area contributed by atoms with Gasteiger partial charge in [0.15, 0.2) is 0 Å². The number of hydrogen-bond donors (Lipinski definition) is 2. The smallest absolute Gasteiger partial charge is 0.143 e. The van der Waals surface area contributed by atoms with Crippen molar-refractivity contribution in [2.24, 2.45) is 0 Å². The summed E-state index contributed by atoms with van der Waals surface area (Å²) in [7, 11) is 0. The van der Waals surface area contributed by atoms with Gasteiger partial charge in [0, 0.05) is 17.5 Å². The lowest BCUT2D eigenvalue weighted by Gasteiger charge is -2.09. The fraction of sp³-hybridized carbons (Fsp3) is 0.167. The van der Waals surface area contributed by atoms with Crippen LogP contribution in [-0.4, -0.2) is 6.54 Å². The molecule has 6 heteroatoms. The lowest BCUT2D eigenvalue weighted by Crippen LogP contribution is -2.06. The molecule has 0 amide bonds. The number of nitrogens with one attached hydrogen (secondary N) is 1. The summed E-state index contributed by atoms with van der Waals surface area (Å²) in [6.07, 6.45) is 0.861. The molecule has 0 saturated carbocycles. The predicted molar refractivity (Wildman–Crippen MR) is 80.0 cm³/mol. The number of rotatable bonds is 4. The quantitative estimate of drug-likeness (QED) is 0.795. The molecule has 0 radical (unpaired) electrons. The largest absolute Gasteiger partial charge is 0.397 e. The molecular formula is C12H11BrClFN2S. The fourth-order valence-electron chi connectivity index (χ4n) is 1.52. The summed E-state index contributed by atoms with van der Waals surface area (Å²) in [5, 5.41) is 3.15. The molecule has 0 spiro atoms. The first-order valence-corrected chi connectivity index (χ1v) is 7.27. The minimum Gasteiger partial charge on any atom is -0.397 e. The summed E-state index contributed by atoms with van der Waals surface area (Å²) in [4.78, 5) is 1.25. The Balaban J connectivity index is 1.96. The number of nitrogen functional groups attached to an aromatic ring is 1. The molecule has 2 aromatic rings. The van der Waals surface area contributed by atoms with Crippen LogP contribution in [0.1, 0.15) is 4.88 Å². The molecule has 2 rings (SSSR count). The summed E-state index contributed by atoms with van der Waals surface area (Å²) in [6.45, 7) is 0.693. The summed E-state index contributed by atoms with van der Waals surface area (Å²) in [5.74, 6) is -0.466. The molecule has 0 unspecified atom stereocenters. The van der Waals surface area contributed by atoms with E-state index in [1.54, 1.807) is 11.3 Å². The van der Waals surface area contributed by atoms with Gasteiger partial charge in [0.2, 0.25) is 0 Å². The molecule has 0 aliphatic carbocycles. The topological polar surface area (TPSA) is 38.0 Å². The molecule has 1 aromatic carbocycles. The molecule has 0 saturated heterocycles. The van der Waals surface area contributed by atoms with Crippen molar-refractivity contribution in [1.82, 2.24) is 0 Å². The van der Waals surface area contributed by atoms with E-state index in [9.17, 15) is 4.39 Å². The van der Waals surface area contributed by atoms with E-state index < -0.39 is 5.82 Å². The van der Waals surface area contributed by atoms with Gasteiger partial charge in [-0.05, 0) is 40.5 Å². The minimum absolute atomic E-state index is 0.0419. The van der Waals surface area contributed by atoms with Crippen LogP contribution in [0.15, 0.2) is 28.1 Å². The minimum atomic E-state index is -0.466. The Morgan fingerprint density at radius 3 is 2.83 bits per heavy atom. The number of benzene rings is 1. The first-order chi connectivity index (χ1) is 8.56. The van der Waals surface area contributed by atoms with Crippen LogP contribution in [0.4, 0.5) is 15.8 Å². The zero-order valence-corrected chi connectivity index (χ0v) is 12.5. The van der Waals surface area contributed by atoms with Gasteiger partial charge < -0.3 is 11.1 Å². The van der Waals surface area contributed by atoms with Crippen molar-refractivity contribution < 1.29 is 4.39 Å². The average Bonchev–Trinajstić information content (AvgIpc) is 2.71. The molecule has 0 aliphatic rings. The van der Waals surface area contributed by atoms with Crippen molar-refractivity contribution in [3.05, 3.63) is 43.8 Å². The van der Waals surface area contributed by atoms with Crippen molar-refractivity contribution in [3.63, 3.8) is 0 Å². The lowest BCUT2D eigenvalue weighted by atomic mass is 10.2.